The van der Waals surface area contributed by atoms with Crippen LogP contribution in [-0.4, -0.2) is 71.7 Å². The number of carboxylic acid groups (broad SMARTS) is 1. The third-order valence-corrected chi connectivity index (χ3v) is 3.79. The van der Waals surface area contributed by atoms with Crippen molar-refractivity contribution >= 4 is 23.7 Å². The van der Waals surface area contributed by atoms with E-state index in [1.165, 1.54) is 0 Å². The summed E-state index contributed by atoms with van der Waals surface area (Å²) >= 11 is 0. The second kappa shape index (κ2) is 13.0. The van der Waals surface area contributed by atoms with Crippen LogP contribution in [-0.2, 0) is 19.2 Å². The Kier molecular flexibility index (Phi) is 11.9. The molecule has 0 aromatic heterocycles. The summed E-state index contributed by atoms with van der Waals surface area (Å²) in [6, 6.07) is -3.19. The first-order chi connectivity index (χ1) is 12.6. The summed E-state index contributed by atoms with van der Waals surface area (Å²) in [5, 5.41) is 25.1. The maximum Gasteiger partial charge on any atom is 0.326 e. The van der Waals surface area contributed by atoms with Crippen molar-refractivity contribution in [2.45, 2.75) is 51.2 Å². The summed E-state index contributed by atoms with van der Waals surface area (Å²) < 4.78 is 0. The lowest BCUT2D eigenvalue weighted by molar-refractivity contribution is -0.143. The molecule has 11 nitrogen and oxygen atoms in total. The van der Waals surface area contributed by atoms with E-state index in [4.69, 9.17) is 21.7 Å². The van der Waals surface area contributed by atoms with Crippen molar-refractivity contribution in [3.8, 4) is 0 Å². The molecule has 0 saturated carbocycles. The van der Waals surface area contributed by atoms with Crippen molar-refractivity contribution in [3.63, 3.8) is 0 Å². The number of unbranched alkanes of at least 4 members (excludes halogenated alkanes) is 1. The summed E-state index contributed by atoms with van der Waals surface area (Å²) in [5.41, 5.74) is 10.8. The molecule has 9 N–H and O–H groups in total. The highest BCUT2D eigenvalue weighted by Gasteiger charge is 2.26. The smallest absolute Gasteiger partial charge is 0.326 e. The van der Waals surface area contributed by atoms with E-state index in [-0.39, 0.29) is 12.3 Å². The van der Waals surface area contributed by atoms with Crippen LogP contribution in [0.5, 0.6) is 0 Å². The molecule has 11 heteroatoms. The third kappa shape index (κ3) is 9.87. The van der Waals surface area contributed by atoms with E-state index in [1.807, 2.05) is 0 Å². The van der Waals surface area contributed by atoms with Crippen LogP contribution >= 0.6 is 0 Å². The van der Waals surface area contributed by atoms with Gasteiger partial charge in [-0.1, -0.05) is 13.8 Å². The molecule has 0 saturated heterocycles. The monoisotopic (exact) mass is 389 g/mol. The van der Waals surface area contributed by atoms with Crippen molar-refractivity contribution in [1.82, 2.24) is 16.0 Å². The van der Waals surface area contributed by atoms with Crippen LogP contribution in [0, 0.1) is 5.92 Å². The lowest BCUT2D eigenvalue weighted by Crippen LogP contribution is -2.54. The molecule has 0 aliphatic carbocycles. The Balaban J connectivity index is 4.74. The second-order valence-corrected chi connectivity index (χ2v) is 6.48. The number of amides is 3. The molecular weight excluding hydrogens is 358 g/mol. The number of aliphatic carboxylic acids is 1. The average Bonchev–Trinajstić information content (AvgIpc) is 2.61. The van der Waals surface area contributed by atoms with Gasteiger partial charge in [0.2, 0.25) is 17.7 Å². The van der Waals surface area contributed by atoms with Gasteiger partial charge in [0.1, 0.15) is 18.1 Å². The van der Waals surface area contributed by atoms with Crippen LogP contribution in [0.25, 0.3) is 0 Å². The van der Waals surface area contributed by atoms with Gasteiger partial charge in [0, 0.05) is 0 Å². The number of aliphatic hydroxyl groups excluding tert-OH is 1. The molecular formula is C16H31N5O6. The van der Waals surface area contributed by atoms with E-state index >= 15 is 0 Å². The molecule has 0 spiro atoms. The van der Waals surface area contributed by atoms with Gasteiger partial charge in [-0.2, -0.15) is 0 Å². The Morgan fingerprint density at radius 1 is 1.04 bits per heavy atom. The Labute approximate surface area is 158 Å². The first-order valence-corrected chi connectivity index (χ1v) is 8.80. The Morgan fingerprint density at radius 3 is 2.15 bits per heavy atom. The van der Waals surface area contributed by atoms with Gasteiger partial charge in [0.25, 0.3) is 0 Å². The van der Waals surface area contributed by atoms with Crippen LogP contribution < -0.4 is 27.4 Å². The van der Waals surface area contributed by atoms with Crippen LogP contribution in [0.1, 0.15) is 33.1 Å². The first-order valence-electron chi connectivity index (χ1n) is 8.80. The molecule has 0 rings (SSSR count). The Bertz CT molecular complexity index is 514. The summed E-state index contributed by atoms with van der Waals surface area (Å²) in [5.74, 6) is -3.47. The van der Waals surface area contributed by atoms with E-state index < -0.39 is 55.0 Å². The molecule has 0 radical (unpaired) electrons. The number of aliphatic hydroxyl groups is 1. The summed E-state index contributed by atoms with van der Waals surface area (Å²) in [6.45, 7) is 2.70. The maximum absolute atomic E-state index is 12.3. The van der Waals surface area contributed by atoms with E-state index in [0.29, 0.717) is 19.4 Å². The first kappa shape index (κ1) is 24.8. The molecule has 0 aliphatic heterocycles. The highest BCUT2D eigenvalue weighted by molar-refractivity contribution is 5.92. The lowest BCUT2D eigenvalue weighted by atomic mass is 10.0. The van der Waals surface area contributed by atoms with Crippen molar-refractivity contribution in [2.24, 2.45) is 17.4 Å². The number of carbonyl (C=O) groups is 4. The molecule has 156 valence electrons. The van der Waals surface area contributed by atoms with E-state index in [2.05, 4.69) is 16.0 Å². The number of hydrogen-bond donors (Lipinski definition) is 7. The standard InChI is InChI=1S/C16H31N5O6/c1-9(2)13(16(26)27)21-12(23)7-19-15(25)11(5-3-4-6-17)20-14(24)10(18)8-22/h9-11,13,22H,3-8,17-18H2,1-2H3,(H,19,25)(H,20,24)(H,21,23)(H,26,27). The molecule has 0 aromatic rings. The van der Waals surface area contributed by atoms with Crippen LogP contribution in [0.3, 0.4) is 0 Å². The number of rotatable bonds is 13. The molecule has 3 amide bonds. The van der Waals surface area contributed by atoms with Crippen molar-refractivity contribution in [2.75, 3.05) is 19.7 Å². The fourth-order valence-electron chi connectivity index (χ4n) is 2.15. The highest BCUT2D eigenvalue weighted by atomic mass is 16.4. The van der Waals surface area contributed by atoms with Crippen molar-refractivity contribution in [1.29, 1.82) is 0 Å². The largest absolute Gasteiger partial charge is 0.480 e. The van der Waals surface area contributed by atoms with Gasteiger partial charge in [0.05, 0.1) is 13.2 Å². The quantitative estimate of drug-likeness (QED) is 0.165. The van der Waals surface area contributed by atoms with Crippen molar-refractivity contribution < 1.29 is 29.4 Å². The van der Waals surface area contributed by atoms with Crippen molar-refractivity contribution in [3.05, 3.63) is 0 Å². The molecule has 27 heavy (non-hydrogen) atoms. The SMILES string of the molecule is CC(C)C(NC(=O)CNC(=O)C(CCCCN)NC(=O)C(N)CO)C(=O)O. The lowest BCUT2D eigenvalue weighted by Gasteiger charge is -2.21. The fourth-order valence-corrected chi connectivity index (χ4v) is 2.15. The maximum atomic E-state index is 12.3. The number of nitrogens with one attached hydrogen (secondary N) is 3. The van der Waals surface area contributed by atoms with Gasteiger partial charge in [-0.25, -0.2) is 4.79 Å². The minimum absolute atomic E-state index is 0.276. The van der Waals surface area contributed by atoms with Crippen LogP contribution in [0.2, 0.25) is 0 Å². The van der Waals surface area contributed by atoms with Crippen LogP contribution in [0.15, 0.2) is 0 Å². The fraction of sp³-hybridized carbons (Fsp3) is 0.750. The number of hydrogen-bond acceptors (Lipinski definition) is 7. The van der Waals surface area contributed by atoms with Gasteiger partial charge in [0.15, 0.2) is 0 Å². The van der Waals surface area contributed by atoms with E-state index in [1.54, 1.807) is 13.8 Å². The Hall–Kier alpha value is -2.24. The number of carboxylic acids is 1. The third-order valence-electron chi connectivity index (χ3n) is 3.79. The second-order valence-electron chi connectivity index (χ2n) is 6.48. The molecule has 0 bridgehead atoms. The van der Waals surface area contributed by atoms with Gasteiger partial charge in [-0.3, -0.25) is 14.4 Å². The molecule has 3 unspecified atom stereocenters. The van der Waals surface area contributed by atoms with Crippen LogP contribution in [0.4, 0.5) is 0 Å². The molecule has 3 atom stereocenters. The molecule has 0 aliphatic rings. The van der Waals surface area contributed by atoms with Gasteiger partial charge < -0.3 is 37.6 Å². The highest BCUT2D eigenvalue weighted by Crippen LogP contribution is 2.03. The number of nitrogens with two attached hydrogens (primary N) is 2. The topological polar surface area (TPSA) is 197 Å². The summed E-state index contributed by atoms with van der Waals surface area (Å²) in [6.07, 6.45) is 1.48. The normalized spacial score (nSPS) is 14.1. The summed E-state index contributed by atoms with van der Waals surface area (Å²) in [7, 11) is 0. The predicted molar refractivity (Wildman–Crippen MR) is 97.3 cm³/mol. The van der Waals surface area contributed by atoms with E-state index in [9.17, 15) is 19.2 Å². The average molecular weight is 389 g/mol. The van der Waals surface area contributed by atoms with Gasteiger partial charge in [-0.15, -0.1) is 0 Å². The zero-order valence-electron chi connectivity index (χ0n) is 15.7. The molecule has 0 heterocycles. The van der Waals surface area contributed by atoms with Gasteiger partial charge in [-0.05, 0) is 31.7 Å². The van der Waals surface area contributed by atoms with Gasteiger partial charge >= 0.3 is 5.97 Å². The number of carbonyl (C=O) groups excluding carboxylic acids is 3. The minimum atomic E-state index is -1.17. The Morgan fingerprint density at radius 2 is 1.67 bits per heavy atom. The zero-order valence-corrected chi connectivity index (χ0v) is 15.7. The minimum Gasteiger partial charge on any atom is -0.480 e. The van der Waals surface area contributed by atoms with E-state index in [0.717, 1.165) is 0 Å². The predicted octanol–water partition coefficient (Wildman–Crippen LogP) is -2.74. The zero-order chi connectivity index (χ0) is 21.0. The molecule has 0 fully saturated rings. The molecule has 0 aromatic carbocycles. The summed E-state index contributed by atoms with van der Waals surface area (Å²) in [4.78, 5) is 47.1.